The van der Waals surface area contributed by atoms with Crippen LogP contribution in [0.4, 0.5) is 11.5 Å². The van der Waals surface area contributed by atoms with E-state index in [1.165, 1.54) is 0 Å². The number of carbonyl (C=O) groups excluding carboxylic acids is 1. The van der Waals surface area contributed by atoms with Crippen LogP contribution in [0, 0.1) is 0 Å². The third-order valence-electron chi connectivity index (χ3n) is 4.48. The van der Waals surface area contributed by atoms with Crippen LogP contribution in [0.15, 0.2) is 66.9 Å². The van der Waals surface area contributed by atoms with Gasteiger partial charge in [0.15, 0.2) is 0 Å². The van der Waals surface area contributed by atoms with Gasteiger partial charge in [0, 0.05) is 43.1 Å². The van der Waals surface area contributed by atoms with Crippen LogP contribution in [-0.4, -0.2) is 37.0 Å². The number of hydrogen-bond acceptors (Lipinski definition) is 4. The summed E-state index contributed by atoms with van der Waals surface area (Å²) in [4.78, 5) is 20.8. The average Bonchev–Trinajstić information content (AvgIpc) is 2.73. The fraction of sp³-hybridized carbons (Fsp3) is 0.182. The van der Waals surface area contributed by atoms with E-state index < -0.39 is 0 Å². The molecule has 0 bridgehead atoms. The molecule has 0 atom stereocenters. The molecular weight excluding hydrogens is 374 g/mol. The van der Waals surface area contributed by atoms with Crippen LogP contribution >= 0.6 is 11.6 Å². The van der Waals surface area contributed by atoms with Crippen LogP contribution in [0.1, 0.15) is 15.9 Å². The van der Waals surface area contributed by atoms with Gasteiger partial charge in [0.1, 0.15) is 11.6 Å². The quantitative estimate of drug-likeness (QED) is 0.602. The summed E-state index contributed by atoms with van der Waals surface area (Å²) in [6.45, 7) is 0.383. The predicted molar refractivity (Wildman–Crippen MR) is 113 cm³/mol. The van der Waals surface area contributed by atoms with E-state index in [9.17, 15) is 4.79 Å². The summed E-state index contributed by atoms with van der Waals surface area (Å²) < 4.78 is 5.36. The molecule has 0 saturated carbocycles. The SMILES string of the molecule is COc1ccc(Cl)cc1CN(C)C(=O)c1ccc(N(C)c2ccccc2)nc1. The zero-order valence-electron chi connectivity index (χ0n) is 16.1. The van der Waals surface area contributed by atoms with Crippen LogP contribution in [0.2, 0.25) is 5.02 Å². The first-order valence-corrected chi connectivity index (χ1v) is 9.20. The summed E-state index contributed by atoms with van der Waals surface area (Å²) in [6, 6.07) is 18.9. The lowest BCUT2D eigenvalue weighted by Crippen LogP contribution is -2.26. The molecule has 1 aromatic heterocycles. The Kier molecular flexibility index (Phi) is 6.16. The Labute approximate surface area is 170 Å². The molecule has 0 fully saturated rings. The Morgan fingerprint density at radius 2 is 1.82 bits per heavy atom. The van der Waals surface area contributed by atoms with Gasteiger partial charge in [0.05, 0.1) is 12.7 Å². The van der Waals surface area contributed by atoms with Crippen molar-refractivity contribution in [3.8, 4) is 5.75 Å². The lowest BCUT2D eigenvalue weighted by molar-refractivity contribution is 0.0784. The van der Waals surface area contributed by atoms with Crippen LogP contribution in [0.5, 0.6) is 5.75 Å². The Bertz CT molecular complexity index is 946. The summed E-state index contributed by atoms with van der Waals surface area (Å²) >= 11 is 6.08. The van der Waals surface area contributed by atoms with Crippen molar-refractivity contribution >= 4 is 29.0 Å². The molecular formula is C22H22ClN3O2. The highest BCUT2D eigenvalue weighted by Crippen LogP contribution is 2.25. The second-order valence-electron chi connectivity index (χ2n) is 6.42. The highest BCUT2D eigenvalue weighted by molar-refractivity contribution is 6.30. The molecule has 0 spiro atoms. The highest BCUT2D eigenvalue weighted by Gasteiger charge is 2.16. The van der Waals surface area contributed by atoms with Gasteiger partial charge in [-0.25, -0.2) is 4.98 Å². The molecule has 0 radical (unpaired) electrons. The van der Waals surface area contributed by atoms with E-state index in [0.717, 1.165) is 17.1 Å². The molecule has 0 aliphatic rings. The first kappa shape index (κ1) is 19.7. The number of carbonyl (C=O) groups is 1. The molecule has 0 saturated heterocycles. The zero-order chi connectivity index (χ0) is 20.1. The zero-order valence-corrected chi connectivity index (χ0v) is 16.8. The number of para-hydroxylation sites is 1. The number of methoxy groups -OCH3 is 1. The Morgan fingerprint density at radius 3 is 2.46 bits per heavy atom. The second kappa shape index (κ2) is 8.76. The van der Waals surface area contributed by atoms with Crippen LogP contribution in [-0.2, 0) is 6.54 Å². The standard InChI is InChI=1S/C22H22ClN3O2/c1-25(15-17-13-18(23)10-11-20(17)28-3)22(27)16-9-12-21(24-14-16)26(2)19-7-5-4-6-8-19/h4-14H,15H2,1-3H3. The van der Waals surface area contributed by atoms with Crippen LogP contribution < -0.4 is 9.64 Å². The summed E-state index contributed by atoms with van der Waals surface area (Å²) in [5.74, 6) is 1.34. The molecule has 6 heteroatoms. The van der Waals surface area contributed by atoms with Crippen molar-refractivity contribution in [2.75, 3.05) is 26.1 Å². The lowest BCUT2D eigenvalue weighted by atomic mass is 10.1. The van der Waals surface area contributed by atoms with Gasteiger partial charge < -0.3 is 14.5 Å². The number of pyridine rings is 1. The smallest absolute Gasteiger partial charge is 0.255 e. The van der Waals surface area contributed by atoms with Crippen molar-refractivity contribution in [1.82, 2.24) is 9.88 Å². The number of rotatable bonds is 6. The number of halogens is 1. The fourth-order valence-electron chi connectivity index (χ4n) is 2.91. The van der Waals surface area contributed by atoms with Gasteiger partial charge >= 0.3 is 0 Å². The van der Waals surface area contributed by atoms with Crippen molar-refractivity contribution in [2.45, 2.75) is 6.54 Å². The molecule has 1 amide bonds. The molecule has 144 valence electrons. The second-order valence-corrected chi connectivity index (χ2v) is 6.85. The summed E-state index contributed by atoms with van der Waals surface area (Å²) in [5, 5.41) is 0.603. The van der Waals surface area contributed by atoms with Gasteiger partial charge in [-0.3, -0.25) is 4.79 Å². The van der Waals surface area contributed by atoms with E-state index in [0.29, 0.717) is 22.9 Å². The number of anilines is 2. The Hall–Kier alpha value is -3.05. The van der Waals surface area contributed by atoms with Crippen molar-refractivity contribution < 1.29 is 9.53 Å². The monoisotopic (exact) mass is 395 g/mol. The van der Waals surface area contributed by atoms with E-state index in [4.69, 9.17) is 16.3 Å². The topological polar surface area (TPSA) is 45.7 Å². The number of hydrogen-bond donors (Lipinski definition) is 0. The number of aromatic nitrogens is 1. The largest absolute Gasteiger partial charge is 0.496 e. The highest BCUT2D eigenvalue weighted by atomic mass is 35.5. The first-order valence-electron chi connectivity index (χ1n) is 8.82. The number of benzene rings is 2. The van der Waals surface area contributed by atoms with E-state index in [1.807, 2.05) is 48.3 Å². The lowest BCUT2D eigenvalue weighted by Gasteiger charge is -2.20. The number of amides is 1. The van der Waals surface area contributed by atoms with Crippen molar-refractivity contribution in [1.29, 1.82) is 0 Å². The molecule has 0 aliphatic carbocycles. The molecule has 0 unspecified atom stereocenters. The Balaban J connectivity index is 1.73. The van der Waals surface area contributed by atoms with E-state index in [2.05, 4.69) is 4.98 Å². The molecule has 28 heavy (non-hydrogen) atoms. The molecule has 5 nitrogen and oxygen atoms in total. The Morgan fingerprint density at radius 1 is 1.07 bits per heavy atom. The average molecular weight is 396 g/mol. The van der Waals surface area contributed by atoms with Gasteiger partial charge in [-0.05, 0) is 42.5 Å². The maximum atomic E-state index is 12.8. The first-order chi connectivity index (χ1) is 13.5. The third kappa shape index (κ3) is 4.43. The predicted octanol–water partition coefficient (Wildman–Crippen LogP) is 4.78. The minimum Gasteiger partial charge on any atom is -0.496 e. The minimum absolute atomic E-state index is 0.122. The summed E-state index contributed by atoms with van der Waals surface area (Å²) in [6.07, 6.45) is 1.60. The minimum atomic E-state index is -0.122. The third-order valence-corrected chi connectivity index (χ3v) is 4.71. The molecule has 3 rings (SSSR count). The van der Waals surface area contributed by atoms with Gasteiger partial charge in [-0.15, -0.1) is 0 Å². The normalized spacial score (nSPS) is 10.4. The summed E-state index contributed by atoms with van der Waals surface area (Å²) in [5.41, 5.74) is 2.40. The van der Waals surface area contributed by atoms with Gasteiger partial charge in [0.2, 0.25) is 0 Å². The molecule has 1 heterocycles. The van der Waals surface area contributed by atoms with Crippen LogP contribution in [0.3, 0.4) is 0 Å². The van der Waals surface area contributed by atoms with Gasteiger partial charge in [-0.2, -0.15) is 0 Å². The molecule has 2 aromatic carbocycles. The van der Waals surface area contributed by atoms with E-state index in [-0.39, 0.29) is 5.91 Å². The van der Waals surface area contributed by atoms with Crippen molar-refractivity contribution in [3.63, 3.8) is 0 Å². The number of ether oxygens (including phenoxy) is 1. The number of nitrogens with zero attached hydrogens (tertiary/aromatic N) is 3. The molecule has 0 N–H and O–H groups in total. The van der Waals surface area contributed by atoms with E-state index >= 15 is 0 Å². The van der Waals surface area contributed by atoms with Gasteiger partial charge in [0.25, 0.3) is 5.91 Å². The van der Waals surface area contributed by atoms with Gasteiger partial charge in [-0.1, -0.05) is 29.8 Å². The molecule has 0 aliphatic heterocycles. The summed E-state index contributed by atoms with van der Waals surface area (Å²) in [7, 11) is 5.28. The van der Waals surface area contributed by atoms with Crippen molar-refractivity contribution in [3.05, 3.63) is 83.0 Å². The fourth-order valence-corrected chi connectivity index (χ4v) is 3.11. The maximum Gasteiger partial charge on any atom is 0.255 e. The van der Waals surface area contributed by atoms with E-state index in [1.54, 1.807) is 49.5 Å². The maximum absolute atomic E-state index is 12.8. The molecule has 3 aromatic rings. The van der Waals surface area contributed by atoms with Crippen molar-refractivity contribution in [2.24, 2.45) is 0 Å². The van der Waals surface area contributed by atoms with Crippen LogP contribution in [0.25, 0.3) is 0 Å².